The molecule has 2 aromatic rings. The second-order valence-corrected chi connectivity index (χ2v) is 6.52. The second kappa shape index (κ2) is 7.92. The maximum atomic E-state index is 14.5. The fourth-order valence-electron chi connectivity index (χ4n) is 3.15. The number of carbonyl (C=O) groups excluding carboxylic acids is 1. The van der Waals surface area contributed by atoms with E-state index in [1.165, 1.54) is 25.3 Å². The number of esters is 1. The summed E-state index contributed by atoms with van der Waals surface area (Å²) >= 11 is 6.02. The van der Waals surface area contributed by atoms with E-state index in [-0.39, 0.29) is 34.8 Å². The molecular formula is C19H19ClFNO5. The molecule has 1 aliphatic rings. The van der Waals surface area contributed by atoms with Gasteiger partial charge in [0.25, 0.3) is 0 Å². The van der Waals surface area contributed by atoms with Crippen LogP contribution in [0.25, 0.3) is 5.69 Å². The number of aromatic hydroxyl groups is 2. The topological polar surface area (TPSA) is 80.9 Å². The van der Waals surface area contributed by atoms with Crippen LogP contribution in [0.5, 0.6) is 17.5 Å². The van der Waals surface area contributed by atoms with Crippen molar-refractivity contribution in [3.05, 3.63) is 46.3 Å². The van der Waals surface area contributed by atoms with Gasteiger partial charge in [-0.15, -0.1) is 0 Å². The van der Waals surface area contributed by atoms with Crippen molar-refractivity contribution in [2.24, 2.45) is 0 Å². The number of rotatable bonds is 5. The summed E-state index contributed by atoms with van der Waals surface area (Å²) in [5.41, 5.74) is 1.20. The van der Waals surface area contributed by atoms with Crippen molar-refractivity contribution in [3.63, 3.8) is 0 Å². The van der Waals surface area contributed by atoms with Crippen molar-refractivity contribution in [3.8, 4) is 23.2 Å². The lowest BCUT2D eigenvalue weighted by Crippen LogP contribution is -2.02. The molecule has 0 aliphatic heterocycles. The molecule has 1 heterocycles. The molecule has 1 aromatic carbocycles. The van der Waals surface area contributed by atoms with Crippen molar-refractivity contribution >= 4 is 17.6 Å². The van der Waals surface area contributed by atoms with Gasteiger partial charge in [0.2, 0.25) is 11.8 Å². The average molecular weight is 396 g/mol. The fraction of sp³-hybridized carbons (Fsp3) is 0.316. The third kappa shape index (κ3) is 3.73. The van der Waals surface area contributed by atoms with Gasteiger partial charge >= 0.3 is 5.97 Å². The fourth-order valence-corrected chi connectivity index (χ4v) is 3.35. The smallest absolute Gasteiger partial charge is 0.330 e. The predicted molar refractivity (Wildman–Crippen MR) is 97.4 cm³/mol. The van der Waals surface area contributed by atoms with Gasteiger partial charge in [-0.1, -0.05) is 11.6 Å². The highest BCUT2D eigenvalue weighted by Gasteiger charge is 2.27. The first-order chi connectivity index (χ1) is 12.9. The zero-order valence-electron chi connectivity index (χ0n) is 14.7. The van der Waals surface area contributed by atoms with Gasteiger partial charge in [-0.2, -0.15) is 0 Å². The molecule has 8 heteroatoms. The summed E-state index contributed by atoms with van der Waals surface area (Å²) in [4.78, 5) is 11.0. The highest BCUT2D eigenvalue weighted by molar-refractivity contribution is 6.32. The quantitative estimate of drug-likeness (QED) is 0.596. The second-order valence-electron chi connectivity index (χ2n) is 6.12. The highest BCUT2D eigenvalue weighted by Crippen LogP contribution is 2.42. The van der Waals surface area contributed by atoms with Crippen LogP contribution in [0.2, 0.25) is 5.02 Å². The molecule has 1 aromatic heterocycles. The first-order valence-corrected chi connectivity index (χ1v) is 8.83. The summed E-state index contributed by atoms with van der Waals surface area (Å²) in [6.07, 6.45) is 5.66. The Morgan fingerprint density at radius 1 is 1.26 bits per heavy atom. The van der Waals surface area contributed by atoms with Crippen molar-refractivity contribution in [2.75, 3.05) is 13.7 Å². The number of methoxy groups -OCH3 is 1. The molecule has 0 atom stereocenters. The zero-order valence-corrected chi connectivity index (χ0v) is 15.4. The Hall–Kier alpha value is -2.67. The Morgan fingerprint density at radius 3 is 2.48 bits per heavy atom. The van der Waals surface area contributed by atoms with Gasteiger partial charge in [0, 0.05) is 23.3 Å². The number of hydrogen-bond acceptors (Lipinski definition) is 5. The van der Waals surface area contributed by atoms with Crippen molar-refractivity contribution in [1.82, 2.24) is 4.57 Å². The van der Waals surface area contributed by atoms with Crippen molar-refractivity contribution < 1.29 is 28.9 Å². The average Bonchev–Trinajstić information content (AvgIpc) is 2.91. The minimum absolute atomic E-state index is 0.0000350. The van der Waals surface area contributed by atoms with E-state index in [0.717, 1.165) is 23.5 Å². The van der Waals surface area contributed by atoms with Gasteiger partial charge < -0.3 is 19.7 Å². The SMILES string of the molecule is COC(=O)C=CCOc1cc(-n2c(O)c3c(c2O)CCCC3)c(F)cc1Cl. The summed E-state index contributed by atoms with van der Waals surface area (Å²) in [5.74, 6) is -1.46. The van der Waals surface area contributed by atoms with Crippen LogP contribution in [0.15, 0.2) is 24.3 Å². The van der Waals surface area contributed by atoms with Crippen LogP contribution in [0, 0.1) is 5.82 Å². The Morgan fingerprint density at radius 2 is 1.89 bits per heavy atom. The molecule has 6 nitrogen and oxygen atoms in total. The largest absolute Gasteiger partial charge is 0.494 e. The van der Waals surface area contributed by atoms with Gasteiger partial charge in [0.1, 0.15) is 18.2 Å². The number of aromatic nitrogens is 1. The first kappa shape index (κ1) is 19.1. The molecule has 3 rings (SSSR count). The summed E-state index contributed by atoms with van der Waals surface area (Å²) in [6, 6.07) is 2.35. The number of carbonyl (C=O) groups is 1. The molecule has 0 bridgehead atoms. The number of ether oxygens (including phenoxy) is 2. The number of halogens is 2. The standard InChI is InChI=1S/C19H19ClFNO5/c1-26-17(23)7-4-8-27-16-10-15(14(21)9-13(16)20)22-18(24)11-5-2-3-6-12(11)19(22)25/h4,7,9-10,24-25H,2-3,5-6,8H2,1H3. The van der Waals surface area contributed by atoms with E-state index in [4.69, 9.17) is 16.3 Å². The minimum atomic E-state index is -0.713. The van der Waals surface area contributed by atoms with E-state index in [9.17, 15) is 19.4 Å². The maximum absolute atomic E-state index is 14.5. The zero-order chi connectivity index (χ0) is 19.6. The van der Waals surface area contributed by atoms with Crippen LogP contribution in [0.4, 0.5) is 4.39 Å². The van der Waals surface area contributed by atoms with Crippen LogP contribution in [0.1, 0.15) is 24.0 Å². The normalized spacial score (nSPS) is 13.6. The number of hydrogen-bond donors (Lipinski definition) is 2. The Kier molecular flexibility index (Phi) is 5.60. The monoisotopic (exact) mass is 395 g/mol. The van der Waals surface area contributed by atoms with Gasteiger partial charge in [-0.05, 0) is 37.8 Å². The van der Waals surface area contributed by atoms with Crippen LogP contribution in [-0.4, -0.2) is 34.5 Å². The van der Waals surface area contributed by atoms with Gasteiger partial charge in [0.15, 0.2) is 0 Å². The Balaban J connectivity index is 1.94. The molecule has 27 heavy (non-hydrogen) atoms. The molecule has 144 valence electrons. The predicted octanol–water partition coefficient (Wildman–Crippen LogP) is 3.67. The van der Waals surface area contributed by atoms with E-state index >= 15 is 0 Å². The first-order valence-electron chi connectivity index (χ1n) is 8.45. The Labute approximate surface area is 160 Å². The van der Waals surface area contributed by atoms with E-state index in [2.05, 4.69) is 4.74 Å². The lowest BCUT2D eigenvalue weighted by atomic mass is 9.95. The van der Waals surface area contributed by atoms with Crippen molar-refractivity contribution in [2.45, 2.75) is 25.7 Å². The lowest BCUT2D eigenvalue weighted by molar-refractivity contribution is -0.134. The van der Waals surface area contributed by atoms with E-state index in [1.54, 1.807) is 0 Å². The molecule has 1 aliphatic carbocycles. The Bertz CT molecular complexity index is 877. The van der Waals surface area contributed by atoms with Crippen LogP contribution in [0.3, 0.4) is 0 Å². The van der Waals surface area contributed by atoms with E-state index < -0.39 is 11.8 Å². The lowest BCUT2D eigenvalue weighted by Gasteiger charge is -2.12. The minimum Gasteiger partial charge on any atom is -0.494 e. The third-order valence-corrected chi connectivity index (χ3v) is 4.76. The molecule has 0 radical (unpaired) electrons. The molecule has 0 amide bonds. The number of fused-ring (bicyclic) bond motifs is 1. The van der Waals surface area contributed by atoms with Crippen LogP contribution >= 0.6 is 11.6 Å². The summed E-state index contributed by atoms with van der Waals surface area (Å²) in [7, 11) is 1.26. The summed E-state index contributed by atoms with van der Waals surface area (Å²) in [6.45, 7) is 0.0000350. The van der Waals surface area contributed by atoms with Crippen LogP contribution in [-0.2, 0) is 22.4 Å². The molecular weight excluding hydrogens is 377 g/mol. The van der Waals surface area contributed by atoms with Gasteiger partial charge in [-0.25, -0.2) is 13.8 Å². The van der Waals surface area contributed by atoms with Crippen LogP contribution < -0.4 is 4.74 Å². The summed E-state index contributed by atoms with van der Waals surface area (Å²) < 4.78 is 25.5. The molecule has 2 N–H and O–H groups in total. The van der Waals surface area contributed by atoms with Gasteiger partial charge in [-0.3, -0.25) is 0 Å². The molecule has 0 saturated heterocycles. The summed E-state index contributed by atoms with van der Waals surface area (Å²) in [5, 5.41) is 21.0. The number of benzene rings is 1. The van der Waals surface area contributed by atoms with Crippen molar-refractivity contribution in [1.29, 1.82) is 0 Å². The number of nitrogens with zero attached hydrogens (tertiary/aromatic N) is 1. The third-order valence-electron chi connectivity index (χ3n) is 4.46. The van der Waals surface area contributed by atoms with Gasteiger partial charge in [0.05, 0.1) is 17.8 Å². The van der Waals surface area contributed by atoms with E-state index in [1.807, 2.05) is 0 Å². The van der Waals surface area contributed by atoms with E-state index in [0.29, 0.717) is 24.0 Å². The highest BCUT2D eigenvalue weighted by atomic mass is 35.5. The molecule has 0 unspecified atom stereocenters. The molecule has 0 saturated carbocycles. The maximum Gasteiger partial charge on any atom is 0.330 e. The molecule has 0 fully saturated rings. The molecule has 0 spiro atoms.